The molecule has 1 aromatic carbocycles. The van der Waals surface area contributed by atoms with Gasteiger partial charge in [-0.15, -0.1) is 0 Å². The average molecular weight is 203 g/mol. The van der Waals surface area contributed by atoms with Crippen LogP contribution in [0.1, 0.15) is 37.6 Å². The van der Waals surface area contributed by atoms with Gasteiger partial charge in [-0.2, -0.15) is 0 Å². The van der Waals surface area contributed by atoms with E-state index in [0.29, 0.717) is 0 Å². The number of ketones is 1. The molecular formula is C13H17NO. The Kier molecular flexibility index (Phi) is 2.29. The molecule has 0 spiro atoms. The van der Waals surface area contributed by atoms with E-state index in [4.69, 9.17) is 0 Å². The zero-order valence-electron chi connectivity index (χ0n) is 9.50. The molecule has 0 bridgehead atoms. The topological polar surface area (TPSA) is 29.1 Å². The molecule has 0 saturated carbocycles. The Morgan fingerprint density at radius 1 is 1.33 bits per heavy atom. The normalized spacial score (nSPS) is 23.1. The molecule has 15 heavy (non-hydrogen) atoms. The highest BCUT2D eigenvalue weighted by Crippen LogP contribution is 2.35. The van der Waals surface area contributed by atoms with Crippen LogP contribution in [-0.2, 0) is 0 Å². The molecule has 1 aliphatic rings. The third-order valence-electron chi connectivity index (χ3n) is 3.25. The SMILES string of the molecule is CC[C@@H]1C(=O)c2ccccc2NC1(C)C. The summed E-state index contributed by atoms with van der Waals surface area (Å²) in [6.07, 6.45) is 0.882. The molecule has 1 atom stereocenters. The summed E-state index contributed by atoms with van der Waals surface area (Å²) in [6, 6.07) is 7.76. The van der Waals surface area contributed by atoms with Crippen LogP contribution in [0.2, 0.25) is 0 Å². The number of anilines is 1. The summed E-state index contributed by atoms with van der Waals surface area (Å²) in [7, 11) is 0. The van der Waals surface area contributed by atoms with Crippen LogP contribution in [0.5, 0.6) is 0 Å². The quantitative estimate of drug-likeness (QED) is 0.759. The largest absolute Gasteiger partial charge is 0.379 e. The molecular weight excluding hydrogens is 186 g/mol. The molecule has 1 N–H and O–H groups in total. The Balaban J connectivity index is 2.50. The van der Waals surface area contributed by atoms with Crippen LogP contribution >= 0.6 is 0 Å². The van der Waals surface area contributed by atoms with Crippen molar-refractivity contribution in [2.45, 2.75) is 32.7 Å². The number of benzene rings is 1. The van der Waals surface area contributed by atoms with Gasteiger partial charge in [0.2, 0.25) is 0 Å². The lowest BCUT2D eigenvalue weighted by atomic mass is 9.76. The van der Waals surface area contributed by atoms with Crippen molar-refractivity contribution < 1.29 is 4.79 Å². The maximum absolute atomic E-state index is 12.2. The predicted octanol–water partition coefficient (Wildman–Crippen LogP) is 3.10. The van der Waals surface area contributed by atoms with Gasteiger partial charge in [-0.25, -0.2) is 0 Å². The molecule has 0 aromatic heterocycles. The van der Waals surface area contributed by atoms with Crippen molar-refractivity contribution in [3.8, 4) is 0 Å². The van der Waals surface area contributed by atoms with Gasteiger partial charge in [0.25, 0.3) is 0 Å². The van der Waals surface area contributed by atoms with Crippen LogP contribution < -0.4 is 5.32 Å². The van der Waals surface area contributed by atoms with Crippen LogP contribution in [0, 0.1) is 5.92 Å². The van der Waals surface area contributed by atoms with Gasteiger partial charge >= 0.3 is 0 Å². The van der Waals surface area contributed by atoms with Gasteiger partial charge in [-0.3, -0.25) is 4.79 Å². The third-order valence-corrected chi connectivity index (χ3v) is 3.25. The maximum Gasteiger partial charge on any atom is 0.170 e. The van der Waals surface area contributed by atoms with Gasteiger partial charge in [-0.1, -0.05) is 19.1 Å². The van der Waals surface area contributed by atoms with E-state index in [2.05, 4.69) is 26.1 Å². The lowest BCUT2D eigenvalue weighted by Gasteiger charge is -2.39. The molecule has 0 amide bonds. The van der Waals surface area contributed by atoms with E-state index >= 15 is 0 Å². The van der Waals surface area contributed by atoms with Gasteiger partial charge < -0.3 is 5.32 Å². The molecule has 80 valence electrons. The van der Waals surface area contributed by atoms with Crippen molar-refractivity contribution in [2.75, 3.05) is 5.32 Å². The summed E-state index contributed by atoms with van der Waals surface area (Å²) in [5.41, 5.74) is 1.67. The van der Waals surface area contributed by atoms with Gasteiger partial charge in [-0.05, 0) is 32.4 Å². The van der Waals surface area contributed by atoms with E-state index < -0.39 is 0 Å². The average Bonchev–Trinajstić information content (AvgIpc) is 2.17. The highest BCUT2D eigenvalue weighted by Gasteiger charge is 2.39. The number of rotatable bonds is 1. The second-order valence-electron chi connectivity index (χ2n) is 4.72. The zero-order chi connectivity index (χ0) is 11.1. The number of para-hydroxylation sites is 1. The molecule has 2 rings (SSSR count). The van der Waals surface area contributed by atoms with E-state index in [9.17, 15) is 4.79 Å². The minimum absolute atomic E-state index is 0.0763. The molecule has 1 heterocycles. The highest BCUT2D eigenvalue weighted by atomic mass is 16.1. The first-order valence-electron chi connectivity index (χ1n) is 5.47. The Labute approximate surface area is 90.7 Å². The van der Waals surface area contributed by atoms with E-state index in [1.165, 1.54) is 0 Å². The minimum Gasteiger partial charge on any atom is -0.379 e. The summed E-state index contributed by atoms with van der Waals surface area (Å²) in [5.74, 6) is 0.351. The van der Waals surface area contributed by atoms with Gasteiger partial charge in [0, 0.05) is 22.7 Å². The van der Waals surface area contributed by atoms with Crippen molar-refractivity contribution in [1.29, 1.82) is 0 Å². The molecule has 0 unspecified atom stereocenters. The molecule has 0 aliphatic carbocycles. The fraction of sp³-hybridized carbons (Fsp3) is 0.462. The van der Waals surface area contributed by atoms with Crippen LogP contribution in [0.15, 0.2) is 24.3 Å². The predicted molar refractivity (Wildman–Crippen MR) is 62.3 cm³/mol. The Morgan fingerprint density at radius 3 is 2.67 bits per heavy atom. The molecule has 1 aromatic rings. The van der Waals surface area contributed by atoms with E-state index in [1.54, 1.807) is 0 Å². The maximum atomic E-state index is 12.2. The minimum atomic E-state index is -0.139. The number of carbonyl (C=O) groups is 1. The van der Waals surface area contributed by atoms with Crippen molar-refractivity contribution in [3.63, 3.8) is 0 Å². The zero-order valence-corrected chi connectivity index (χ0v) is 9.50. The van der Waals surface area contributed by atoms with Crippen molar-refractivity contribution in [1.82, 2.24) is 0 Å². The van der Waals surface area contributed by atoms with Crippen LogP contribution in [-0.4, -0.2) is 11.3 Å². The third kappa shape index (κ3) is 1.54. The molecule has 1 aliphatic heterocycles. The lowest BCUT2D eigenvalue weighted by Crippen LogP contribution is -2.47. The smallest absolute Gasteiger partial charge is 0.170 e. The number of hydrogen-bond donors (Lipinski definition) is 1. The summed E-state index contributed by atoms with van der Waals surface area (Å²) >= 11 is 0. The first kappa shape index (κ1) is 10.2. The second-order valence-corrected chi connectivity index (χ2v) is 4.72. The lowest BCUT2D eigenvalue weighted by molar-refractivity contribution is 0.0863. The van der Waals surface area contributed by atoms with E-state index in [-0.39, 0.29) is 17.2 Å². The van der Waals surface area contributed by atoms with Gasteiger partial charge in [0.05, 0.1) is 0 Å². The van der Waals surface area contributed by atoms with Crippen molar-refractivity contribution in [2.24, 2.45) is 5.92 Å². The number of carbonyl (C=O) groups excluding carboxylic acids is 1. The number of hydrogen-bond acceptors (Lipinski definition) is 2. The van der Waals surface area contributed by atoms with Crippen molar-refractivity contribution in [3.05, 3.63) is 29.8 Å². The molecule has 0 radical (unpaired) electrons. The van der Waals surface area contributed by atoms with Gasteiger partial charge in [0.15, 0.2) is 5.78 Å². The number of Topliss-reactive ketones (excluding diaryl/α,β-unsaturated/α-hetero) is 1. The Hall–Kier alpha value is -1.31. The van der Waals surface area contributed by atoms with Crippen LogP contribution in [0.3, 0.4) is 0 Å². The fourth-order valence-corrected chi connectivity index (χ4v) is 2.45. The summed E-state index contributed by atoms with van der Waals surface area (Å²) in [6.45, 7) is 6.25. The molecule has 0 saturated heterocycles. The monoisotopic (exact) mass is 203 g/mol. The van der Waals surface area contributed by atoms with Crippen LogP contribution in [0.25, 0.3) is 0 Å². The Bertz CT molecular complexity index is 395. The number of nitrogens with one attached hydrogen (secondary N) is 1. The second kappa shape index (κ2) is 3.37. The van der Waals surface area contributed by atoms with E-state index in [0.717, 1.165) is 17.7 Å². The Morgan fingerprint density at radius 2 is 2.00 bits per heavy atom. The molecule has 2 heteroatoms. The first-order chi connectivity index (χ1) is 7.06. The molecule has 2 nitrogen and oxygen atoms in total. The summed E-state index contributed by atoms with van der Waals surface area (Å²) in [4.78, 5) is 12.2. The number of fused-ring (bicyclic) bond motifs is 1. The first-order valence-corrected chi connectivity index (χ1v) is 5.47. The standard InChI is InChI=1S/C13H17NO/c1-4-10-12(15)9-7-5-6-8-11(9)14-13(10,2)3/h5-8,10,14H,4H2,1-3H3/t10-/m1/s1. The highest BCUT2D eigenvalue weighted by molar-refractivity contribution is 6.05. The fourth-order valence-electron chi connectivity index (χ4n) is 2.45. The van der Waals surface area contributed by atoms with E-state index in [1.807, 2.05) is 24.3 Å². The van der Waals surface area contributed by atoms with Crippen molar-refractivity contribution >= 4 is 11.5 Å². The summed E-state index contributed by atoms with van der Waals surface area (Å²) < 4.78 is 0. The van der Waals surface area contributed by atoms with Gasteiger partial charge in [0.1, 0.15) is 0 Å². The molecule has 0 fully saturated rings. The van der Waals surface area contributed by atoms with Crippen LogP contribution in [0.4, 0.5) is 5.69 Å². The summed E-state index contributed by atoms with van der Waals surface area (Å²) in [5, 5.41) is 3.45.